The SMILES string of the molecule is CSc1ccc(-c2nc3cc(C(=O)NCCN)ccn3c2Nc2c(C)cccc2C)cc1. The van der Waals surface area contributed by atoms with Crippen LogP contribution in [-0.4, -0.2) is 34.6 Å². The molecular weight excluding hydrogens is 418 g/mol. The monoisotopic (exact) mass is 445 g/mol. The van der Waals surface area contributed by atoms with Crippen LogP contribution in [0.15, 0.2) is 65.7 Å². The summed E-state index contributed by atoms with van der Waals surface area (Å²) in [4.78, 5) is 18.5. The first-order valence-corrected chi connectivity index (χ1v) is 11.7. The Morgan fingerprint density at radius 3 is 2.47 bits per heavy atom. The smallest absolute Gasteiger partial charge is 0.251 e. The Morgan fingerprint density at radius 1 is 1.09 bits per heavy atom. The highest BCUT2D eigenvalue weighted by atomic mass is 32.2. The molecule has 0 fully saturated rings. The first-order valence-electron chi connectivity index (χ1n) is 10.5. The lowest BCUT2D eigenvalue weighted by molar-refractivity contribution is 0.0954. The van der Waals surface area contributed by atoms with E-state index in [1.807, 2.05) is 16.7 Å². The summed E-state index contributed by atoms with van der Waals surface area (Å²) in [7, 11) is 0. The molecule has 4 N–H and O–H groups in total. The van der Waals surface area contributed by atoms with Gasteiger partial charge in [-0.3, -0.25) is 9.20 Å². The van der Waals surface area contributed by atoms with Crippen molar-refractivity contribution in [3.05, 3.63) is 77.5 Å². The lowest BCUT2D eigenvalue weighted by Crippen LogP contribution is -2.29. The van der Waals surface area contributed by atoms with Crippen molar-refractivity contribution >= 4 is 34.8 Å². The van der Waals surface area contributed by atoms with E-state index in [2.05, 4.69) is 73.2 Å². The minimum Gasteiger partial charge on any atom is -0.351 e. The second-order valence-corrected chi connectivity index (χ2v) is 8.50. The zero-order chi connectivity index (χ0) is 22.7. The third-order valence-electron chi connectivity index (χ3n) is 5.41. The van der Waals surface area contributed by atoms with E-state index in [1.54, 1.807) is 17.8 Å². The number of anilines is 2. The van der Waals surface area contributed by atoms with E-state index in [4.69, 9.17) is 10.7 Å². The molecule has 2 heterocycles. The summed E-state index contributed by atoms with van der Waals surface area (Å²) in [5, 5.41) is 6.44. The zero-order valence-corrected chi connectivity index (χ0v) is 19.3. The topological polar surface area (TPSA) is 84.5 Å². The fraction of sp³-hybridized carbons (Fsp3) is 0.200. The zero-order valence-electron chi connectivity index (χ0n) is 18.5. The van der Waals surface area contributed by atoms with E-state index in [0.717, 1.165) is 33.9 Å². The molecule has 0 atom stereocenters. The number of aryl methyl sites for hydroxylation is 2. The second kappa shape index (κ2) is 9.46. The molecule has 0 aliphatic heterocycles. The normalized spacial score (nSPS) is 11.0. The van der Waals surface area contributed by atoms with Gasteiger partial charge in [-0.1, -0.05) is 30.3 Å². The number of fused-ring (bicyclic) bond motifs is 1. The van der Waals surface area contributed by atoms with Crippen molar-refractivity contribution in [2.24, 2.45) is 5.73 Å². The van der Waals surface area contributed by atoms with Crippen LogP contribution in [-0.2, 0) is 0 Å². The highest BCUT2D eigenvalue weighted by Crippen LogP contribution is 2.34. The van der Waals surface area contributed by atoms with Crippen molar-refractivity contribution in [3.8, 4) is 11.3 Å². The van der Waals surface area contributed by atoms with Gasteiger partial charge in [-0.15, -0.1) is 11.8 Å². The lowest BCUT2D eigenvalue weighted by Gasteiger charge is -2.14. The average Bonchev–Trinajstić information content (AvgIpc) is 3.17. The highest BCUT2D eigenvalue weighted by Gasteiger charge is 2.17. The second-order valence-electron chi connectivity index (χ2n) is 7.62. The first kappa shape index (κ1) is 21.9. The van der Waals surface area contributed by atoms with E-state index in [1.165, 1.54) is 4.90 Å². The Morgan fingerprint density at radius 2 is 1.81 bits per heavy atom. The van der Waals surface area contributed by atoms with Crippen LogP contribution in [0, 0.1) is 13.8 Å². The quantitative estimate of drug-likeness (QED) is 0.357. The maximum absolute atomic E-state index is 12.4. The number of amides is 1. The predicted molar refractivity (Wildman–Crippen MR) is 133 cm³/mol. The summed E-state index contributed by atoms with van der Waals surface area (Å²) in [6, 6.07) is 18.2. The van der Waals surface area contributed by atoms with Crippen LogP contribution in [0.1, 0.15) is 21.5 Å². The van der Waals surface area contributed by atoms with Crippen molar-refractivity contribution in [1.82, 2.24) is 14.7 Å². The number of rotatable bonds is 7. The van der Waals surface area contributed by atoms with Crippen LogP contribution in [0.3, 0.4) is 0 Å². The molecule has 0 aliphatic rings. The van der Waals surface area contributed by atoms with Crippen molar-refractivity contribution in [2.75, 3.05) is 24.7 Å². The van der Waals surface area contributed by atoms with E-state index >= 15 is 0 Å². The van der Waals surface area contributed by atoms with Gasteiger partial charge >= 0.3 is 0 Å². The van der Waals surface area contributed by atoms with Gasteiger partial charge < -0.3 is 16.4 Å². The van der Waals surface area contributed by atoms with Crippen LogP contribution < -0.4 is 16.4 Å². The van der Waals surface area contributed by atoms with Crippen LogP contribution >= 0.6 is 11.8 Å². The fourth-order valence-corrected chi connectivity index (χ4v) is 4.08. The molecule has 6 nitrogen and oxygen atoms in total. The number of nitrogens with zero attached hydrogens (tertiary/aromatic N) is 2. The van der Waals surface area contributed by atoms with Crippen molar-refractivity contribution in [3.63, 3.8) is 0 Å². The average molecular weight is 446 g/mol. The van der Waals surface area contributed by atoms with Crippen molar-refractivity contribution in [2.45, 2.75) is 18.7 Å². The molecule has 0 unspecified atom stereocenters. The number of imidazole rings is 1. The molecule has 0 spiro atoms. The number of benzene rings is 2. The van der Waals surface area contributed by atoms with Gasteiger partial charge in [0, 0.05) is 41.0 Å². The van der Waals surface area contributed by atoms with Crippen molar-refractivity contribution in [1.29, 1.82) is 0 Å². The van der Waals surface area contributed by atoms with E-state index < -0.39 is 0 Å². The van der Waals surface area contributed by atoms with Gasteiger partial charge in [0.2, 0.25) is 0 Å². The number of hydrogen-bond acceptors (Lipinski definition) is 5. The number of hydrogen-bond donors (Lipinski definition) is 3. The summed E-state index contributed by atoms with van der Waals surface area (Å²) in [6.07, 6.45) is 3.94. The van der Waals surface area contributed by atoms with Crippen LogP contribution in [0.2, 0.25) is 0 Å². The van der Waals surface area contributed by atoms with Gasteiger partial charge in [-0.05, 0) is 55.5 Å². The fourth-order valence-electron chi connectivity index (χ4n) is 3.67. The molecule has 1 amide bonds. The third-order valence-corrected chi connectivity index (χ3v) is 6.15. The van der Waals surface area contributed by atoms with E-state index in [0.29, 0.717) is 24.3 Å². The number of carbonyl (C=O) groups excluding carboxylic acids is 1. The van der Waals surface area contributed by atoms with Gasteiger partial charge in [0.1, 0.15) is 17.2 Å². The molecule has 0 aliphatic carbocycles. The molecule has 164 valence electrons. The molecular formula is C25H27N5OS. The molecule has 32 heavy (non-hydrogen) atoms. The number of carbonyl (C=O) groups is 1. The summed E-state index contributed by atoms with van der Waals surface area (Å²) in [5.41, 5.74) is 12.0. The van der Waals surface area contributed by atoms with E-state index in [-0.39, 0.29) is 5.91 Å². The Hall–Kier alpha value is -3.29. The number of pyridine rings is 1. The summed E-state index contributed by atoms with van der Waals surface area (Å²) >= 11 is 1.71. The van der Waals surface area contributed by atoms with Crippen LogP contribution in [0.5, 0.6) is 0 Å². The van der Waals surface area contributed by atoms with Crippen molar-refractivity contribution < 1.29 is 4.79 Å². The van der Waals surface area contributed by atoms with E-state index in [9.17, 15) is 4.79 Å². The van der Waals surface area contributed by atoms with Gasteiger partial charge in [0.05, 0.1) is 0 Å². The van der Waals surface area contributed by atoms with Gasteiger partial charge in [-0.2, -0.15) is 0 Å². The molecule has 0 saturated heterocycles. The maximum Gasteiger partial charge on any atom is 0.251 e. The highest BCUT2D eigenvalue weighted by molar-refractivity contribution is 7.98. The number of para-hydroxylation sites is 1. The van der Waals surface area contributed by atoms with Gasteiger partial charge in [-0.25, -0.2) is 4.98 Å². The largest absolute Gasteiger partial charge is 0.351 e. The number of nitrogens with one attached hydrogen (secondary N) is 2. The molecule has 4 rings (SSSR count). The Labute approximate surface area is 192 Å². The van der Waals surface area contributed by atoms with Gasteiger partial charge in [0.25, 0.3) is 5.91 Å². The minimum atomic E-state index is -0.156. The van der Waals surface area contributed by atoms with Crippen LogP contribution in [0.25, 0.3) is 16.9 Å². The molecule has 2 aromatic heterocycles. The molecule has 2 aromatic carbocycles. The third kappa shape index (κ3) is 4.35. The van der Waals surface area contributed by atoms with Crippen LogP contribution in [0.4, 0.5) is 11.5 Å². The molecule has 0 saturated carbocycles. The summed E-state index contributed by atoms with van der Waals surface area (Å²) in [5.74, 6) is 0.708. The Bertz CT molecular complexity index is 1240. The Kier molecular flexibility index (Phi) is 6.48. The summed E-state index contributed by atoms with van der Waals surface area (Å²) < 4.78 is 1.99. The molecule has 0 radical (unpaired) electrons. The number of aromatic nitrogens is 2. The standard InChI is InChI=1S/C25H27N5OS/c1-16-5-4-6-17(2)22(16)29-24-23(18-7-9-20(32-3)10-8-18)28-21-15-19(11-14-30(21)24)25(31)27-13-12-26/h4-11,14-15,29H,12-13,26H2,1-3H3,(H,27,31). The number of thioether (sulfide) groups is 1. The predicted octanol–water partition coefficient (Wildman–Crippen LogP) is 4.77. The molecule has 4 aromatic rings. The lowest BCUT2D eigenvalue weighted by atomic mass is 10.1. The Balaban J connectivity index is 1.85. The number of nitrogens with two attached hydrogens (primary N) is 1. The minimum absolute atomic E-state index is 0.156. The maximum atomic E-state index is 12.4. The molecule has 0 bridgehead atoms. The first-order chi connectivity index (χ1) is 15.5. The molecule has 7 heteroatoms. The van der Waals surface area contributed by atoms with Gasteiger partial charge in [0.15, 0.2) is 0 Å². The summed E-state index contributed by atoms with van der Waals surface area (Å²) in [6.45, 7) is 5.01.